The van der Waals surface area contributed by atoms with E-state index in [0.29, 0.717) is 11.8 Å². The molecular weight excluding hydrogens is 252 g/mol. The maximum absolute atomic E-state index is 11.4. The lowest BCUT2D eigenvalue weighted by atomic mass is 9.67. The summed E-state index contributed by atoms with van der Waals surface area (Å²) < 4.78 is 4.77. The molecule has 1 aliphatic rings. The number of esters is 1. The monoisotopic (exact) mass is 286 g/mol. The first-order valence-corrected chi connectivity index (χ1v) is 7.62. The van der Waals surface area contributed by atoms with E-state index in [1.54, 1.807) is 0 Å². The van der Waals surface area contributed by atoms with E-state index in [0.717, 1.165) is 12.8 Å². The van der Waals surface area contributed by atoms with Gasteiger partial charge in [0.1, 0.15) is 0 Å². The second-order valence-corrected chi connectivity index (χ2v) is 8.57. The Hall–Kier alpha value is -0.570. The summed E-state index contributed by atoms with van der Waals surface area (Å²) in [5.74, 6) is 0.0362. The van der Waals surface area contributed by atoms with Crippen LogP contribution in [0.1, 0.15) is 67.7 Å². The largest absolute Gasteiger partial charge is 0.469 e. The summed E-state index contributed by atoms with van der Waals surface area (Å²) in [4.78, 5) is 11.4. The van der Waals surface area contributed by atoms with Gasteiger partial charge in [-0.15, -0.1) is 0 Å². The Morgan fingerprint density at radius 2 is 1.50 bits per heavy atom. The summed E-state index contributed by atoms with van der Waals surface area (Å²) in [5.41, 5.74) is 0.548. The fourth-order valence-corrected chi connectivity index (χ4v) is 2.47. The van der Waals surface area contributed by atoms with Gasteiger partial charge in [-0.1, -0.05) is 48.5 Å². The van der Waals surface area contributed by atoms with Crippen LogP contribution in [-0.2, 0) is 9.53 Å². The molecule has 3 nitrogen and oxygen atoms in total. The van der Waals surface area contributed by atoms with Gasteiger partial charge in [0.15, 0.2) is 0 Å². The van der Waals surface area contributed by atoms with Crippen LogP contribution in [0.25, 0.3) is 0 Å². The van der Waals surface area contributed by atoms with Crippen LogP contribution in [0.4, 0.5) is 0 Å². The molecule has 1 N–H and O–H groups in total. The van der Waals surface area contributed by atoms with Crippen LogP contribution < -0.4 is 0 Å². The van der Waals surface area contributed by atoms with E-state index >= 15 is 0 Å². The predicted molar refractivity (Wildman–Crippen MR) is 83.4 cm³/mol. The summed E-state index contributed by atoms with van der Waals surface area (Å²) in [7, 11) is 1.43. The van der Waals surface area contributed by atoms with Gasteiger partial charge >= 0.3 is 5.97 Å². The maximum atomic E-state index is 11.4. The molecule has 0 bridgehead atoms. The summed E-state index contributed by atoms with van der Waals surface area (Å²) >= 11 is 0. The highest BCUT2D eigenvalue weighted by atomic mass is 16.5. The minimum Gasteiger partial charge on any atom is -0.469 e. The lowest BCUT2D eigenvalue weighted by Gasteiger charge is -2.40. The Bertz CT molecular complexity index is 290. The molecular formula is C17H34O3. The first kappa shape index (κ1) is 19.4. The topological polar surface area (TPSA) is 46.5 Å². The van der Waals surface area contributed by atoms with Crippen LogP contribution in [0, 0.1) is 22.7 Å². The highest BCUT2D eigenvalue weighted by Gasteiger charge is 2.39. The zero-order chi connectivity index (χ0) is 16.1. The average Bonchev–Trinajstić information content (AvgIpc) is 2.24. The predicted octanol–water partition coefficient (Wildman–Crippen LogP) is 4.04. The number of hydrogen-bond acceptors (Lipinski definition) is 3. The van der Waals surface area contributed by atoms with Gasteiger partial charge in [-0.25, -0.2) is 0 Å². The number of hydrogen-bond donors (Lipinski definition) is 1. The van der Waals surface area contributed by atoms with E-state index in [2.05, 4.69) is 48.5 Å². The van der Waals surface area contributed by atoms with Crippen molar-refractivity contribution >= 4 is 5.97 Å². The van der Waals surface area contributed by atoms with Gasteiger partial charge in [0.25, 0.3) is 0 Å². The van der Waals surface area contributed by atoms with E-state index in [1.165, 1.54) is 7.11 Å². The van der Waals surface area contributed by atoms with Crippen LogP contribution in [0.15, 0.2) is 0 Å². The van der Waals surface area contributed by atoms with Crippen LogP contribution in [0.3, 0.4) is 0 Å². The minimum absolute atomic E-state index is 0.0253. The third kappa shape index (κ3) is 7.88. The van der Waals surface area contributed by atoms with Gasteiger partial charge in [-0.05, 0) is 36.0 Å². The van der Waals surface area contributed by atoms with Crippen LogP contribution in [-0.4, -0.2) is 24.3 Å². The fraction of sp³-hybridized carbons (Fsp3) is 0.941. The molecule has 120 valence electrons. The lowest BCUT2D eigenvalue weighted by Crippen LogP contribution is -2.39. The molecule has 0 radical (unpaired) electrons. The van der Waals surface area contributed by atoms with Crippen molar-refractivity contribution in [1.82, 2.24) is 0 Å². The molecule has 3 heteroatoms. The normalized spacial score (nSPS) is 27.4. The lowest BCUT2D eigenvalue weighted by molar-refractivity contribution is -0.149. The van der Waals surface area contributed by atoms with Crippen molar-refractivity contribution in [3.63, 3.8) is 0 Å². The molecule has 1 saturated carbocycles. The van der Waals surface area contributed by atoms with Crippen LogP contribution >= 0.6 is 0 Å². The standard InChI is InChI=1S/C12H22O3.C5H12/c1-12(2,3)9-7-8(11(14)15-4)5-6-10(9)13;1-5(2,3)4/h8-10,13H,5-7H2,1-4H3;1-4H3. The fourth-order valence-electron chi connectivity index (χ4n) is 2.47. The molecule has 1 fully saturated rings. The molecule has 1 aliphatic carbocycles. The molecule has 0 aromatic rings. The summed E-state index contributed by atoms with van der Waals surface area (Å²) in [6.07, 6.45) is 1.94. The van der Waals surface area contributed by atoms with Crippen molar-refractivity contribution in [3.8, 4) is 0 Å². The number of rotatable bonds is 1. The smallest absolute Gasteiger partial charge is 0.308 e. The summed E-state index contributed by atoms with van der Waals surface area (Å²) in [5, 5.41) is 9.92. The third-order valence-electron chi connectivity index (χ3n) is 3.46. The number of ether oxygens (including phenoxy) is 1. The SMILES string of the molecule is CC(C)(C)C.COC(=O)C1CCC(O)C(C(C)(C)C)C1. The highest BCUT2D eigenvalue weighted by Crippen LogP contribution is 2.40. The van der Waals surface area contributed by atoms with Crippen molar-refractivity contribution in [3.05, 3.63) is 0 Å². The highest BCUT2D eigenvalue weighted by molar-refractivity contribution is 5.72. The number of carbonyl (C=O) groups excluding carboxylic acids is 1. The Morgan fingerprint density at radius 1 is 1.05 bits per heavy atom. The Kier molecular flexibility index (Phi) is 7.23. The molecule has 0 aromatic heterocycles. The molecule has 1 rings (SSSR count). The van der Waals surface area contributed by atoms with Crippen molar-refractivity contribution in [2.75, 3.05) is 7.11 Å². The first-order valence-electron chi connectivity index (χ1n) is 7.62. The van der Waals surface area contributed by atoms with Crippen molar-refractivity contribution in [2.45, 2.75) is 73.8 Å². The van der Waals surface area contributed by atoms with E-state index in [-0.39, 0.29) is 29.3 Å². The summed E-state index contributed by atoms with van der Waals surface area (Å²) in [6, 6.07) is 0. The third-order valence-corrected chi connectivity index (χ3v) is 3.46. The van der Waals surface area contributed by atoms with E-state index in [1.807, 2.05) is 0 Å². The molecule has 0 spiro atoms. The maximum Gasteiger partial charge on any atom is 0.308 e. The van der Waals surface area contributed by atoms with Crippen LogP contribution in [0.2, 0.25) is 0 Å². The van der Waals surface area contributed by atoms with E-state index in [9.17, 15) is 9.90 Å². The molecule has 0 heterocycles. The molecule has 0 aromatic carbocycles. The van der Waals surface area contributed by atoms with Gasteiger partial charge in [0.05, 0.1) is 19.1 Å². The Balaban J connectivity index is 0.000000621. The zero-order valence-corrected chi connectivity index (χ0v) is 14.6. The molecule has 0 saturated heterocycles. The van der Waals surface area contributed by atoms with E-state index < -0.39 is 0 Å². The Labute approximate surface area is 125 Å². The molecule has 3 unspecified atom stereocenters. The van der Waals surface area contributed by atoms with Gasteiger partial charge in [0, 0.05) is 0 Å². The second-order valence-electron chi connectivity index (χ2n) is 8.57. The van der Waals surface area contributed by atoms with Crippen molar-refractivity contribution < 1.29 is 14.6 Å². The van der Waals surface area contributed by atoms with Gasteiger partial charge in [-0.3, -0.25) is 4.79 Å². The second kappa shape index (κ2) is 7.44. The average molecular weight is 286 g/mol. The molecule has 0 amide bonds. The number of aliphatic hydroxyl groups is 1. The van der Waals surface area contributed by atoms with Gasteiger partial charge in [-0.2, -0.15) is 0 Å². The quantitative estimate of drug-likeness (QED) is 0.740. The molecule has 0 aliphatic heterocycles. The van der Waals surface area contributed by atoms with Crippen molar-refractivity contribution in [1.29, 1.82) is 0 Å². The summed E-state index contributed by atoms with van der Waals surface area (Å²) in [6.45, 7) is 15.1. The number of carbonyl (C=O) groups is 1. The van der Waals surface area contributed by atoms with Gasteiger partial charge < -0.3 is 9.84 Å². The molecule has 3 atom stereocenters. The van der Waals surface area contributed by atoms with Crippen LogP contribution in [0.5, 0.6) is 0 Å². The number of methoxy groups -OCH3 is 1. The number of aliphatic hydroxyl groups excluding tert-OH is 1. The van der Waals surface area contributed by atoms with E-state index in [4.69, 9.17) is 4.74 Å². The minimum atomic E-state index is -0.272. The Morgan fingerprint density at radius 3 is 1.85 bits per heavy atom. The molecule has 20 heavy (non-hydrogen) atoms. The van der Waals surface area contributed by atoms with Gasteiger partial charge in [0.2, 0.25) is 0 Å². The van der Waals surface area contributed by atoms with Crippen molar-refractivity contribution in [2.24, 2.45) is 22.7 Å². The first-order chi connectivity index (χ1) is 8.86. The zero-order valence-electron chi connectivity index (χ0n) is 14.6.